The number of nitrogens with one attached hydrogen (secondary N) is 2. The number of hydrogen-bond donors (Lipinski definition) is 8. The lowest BCUT2D eigenvalue weighted by Crippen LogP contribution is -2.06. The van der Waals surface area contributed by atoms with E-state index in [9.17, 15) is 0 Å². The number of nitrogen functional groups attached to an aromatic ring is 2. The lowest BCUT2D eigenvalue weighted by atomic mass is 10.1. The van der Waals surface area contributed by atoms with Gasteiger partial charge >= 0.3 is 0 Å². The third kappa shape index (κ3) is 28.1. The first-order valence-electron chi connectivity index (χ1n) is 8.68. The van der Waals surface area contributed by atoms with Crippen molar-refractivity contribution < 1.29 is 39.6 Å². The monoisotopic (exact) mass is 454 g/mol. The smallest absolute Gasteiger partial charge is 0.300 e. The number of benzene rings is 2. The van der Waals surface area contributed by atoms with Gasteiger partial charge in [-0.25, -0.2) is 0 Å². The molecule has 0 amide bonds. The minimum atomic E-state index is -0.833. The molecule has 0 radical (unpaired) electrons. The van der Waals surface area contributed by atoms with E-state index in [4.69, 9.17) is 51.3 Å². The molecule has 12 nitrogen and oxygen atoms in total. The maximum atomic E-state index is 9.00. The van der Waals surface area contributed by atoms with Gasteiger partial charge in [0.25, 0.3) is 23.9 Å². The molecule has 0 aromatic heterocycles. The molecule has 0 aliphatic heterocycles. The summed E-state index contributed by atoms with van der Waals surface area (Å²) in [6.45, 7) is 4.33. The zero-order chi connectivity index (χ0) is 25.7. The molecule has 0 spiro atoms. The number of hydrazine groups is 2. The van der Waals surface area contributed by atoms with Crippen LogP contribution in [0, 0.1) is 0 Å². The van der Waals surface area contributed by atoms with Crippen LogP contribution < -0.4 is 22.5 Å². The number of rotatable bonds is 3. The van der Waals surface area contributed by atoms with Gasteiger partial charge in [-0.2, -0.15) is 0 Å². The molecule has 0 aliphatic rings. The summed E-state index contributed by atoms with van der Waals surface area (Å²) in [5, 5.41) is 29.7. The van der Waals surface area contributed by atoms with Crippen LogP contribution in [-0.2, 0) is 19.2 Å². The van der Waals surface area contributed by atoms with Crippen molar-refractivity contribution in [2.75, 3.05) is 10.9 Å². The van der Waals surface area contributed by atoms with Gasteiger partial charge in [-0.3, -0.25) is 30.9 Å². The van der Waals surface area contributed by atoms with E-state index in [2.05, 4.69) is 10.9 Å². The molecular formula is C20H30N4O8. The van der Waals surface area contributed by atoms with Crippen LogP contribution >= 0.6 is 0 Å². The Balaban J connectivity index is -0.000000432. The highest BCUT2D eigenvalue weighted by Crippen LogP contribution is 2.22. The van der Waals surface area contributed by atoms with E-state index in [1.807, 2.05) is 48.5 Å². The fraction of sp³-hybridized carbons (Fsp3) is 0.200. The van der Waals surface area contributed by atoms with E-state index >= 15 is 0 Å². The number of anilines is 2. The summed E-state index contributed by atoms with van der Waals surface area (Å²) in [6, 6.07) is 15.8. The van der Waals surface area contributed by atoms with Crippen LogP contribution in [0.1, 0.15) is 27.7 Å². The Bertz CT molecular complexity index is 700. The van der Waals surface area contributed by atoms with Gasteiger partial charge in [-0.1, -0.05) is 24.3 Å². The third-order valence-corrected chi connectivity index (χ3v) is 2.44. The van der Waals surface area contributed by atoms with Gasteiger partial charge in [0.05, 0.1) is 0 Å². The molecule has 2 aromatic carbocycles. The second-order valence-corrected chi connectivity index (χ2v) is 5.52. The summed E-state index contributed by atoms with van der Waals surface area (Å²) < 4.78 is 0. The van der Waals surface area contributed by atoms with Crippen molar-refractivity contribution in [3.8, 4) is 11.1 Å². The zero-order valence-corrected chi connectivity index (χ0v) is 18.2. The topological polar surface area (TPSA) is 225 Å². The summed E-state index contributed by atoms with van der Waals surface area (Å²) in [7, 11) is 0. The van der Waals surface area contributed by atoms with Gasteiger partial charge in [0.2, 0.25) is 0 Å². The first kappa shape index (κ1) is 32.5. The van der Waals surface area contributed by atoms with Crippen LogP contribution in [0.5, 0.6) is 0 Å². The average Bonchev–Trinajstić information content (AvgIpc) is 2.66. The Morgan fingerprint density at radius 1 is 0.531 bits per heavy atom. The lowest BCUT2D eigenvalue weighted by Gasteiger charge is -2.05. The Kier molecular flexibility index (Phi) is 20.4. The number of carboxylic acids is 4. The SMILES string of the molecule is CC(=O)O.CC(=O)O.CC(=O)O.CC(=O)O.NNc1ccc(-c2ccc(NN)cc2)cc1. The van der Waals surface area contributed by atoms with E-state index in [1.54, 1.807) is 0 Å². The molecule has 32 heavy (non-hydrogen) atoms. The number of aliphatic carboxylic acids is 4. The van der Waals surface area contributed by atoms with Gasteiger partial charge in [-0.05, 0) is 35.4 Å². The molecule has 10 N–H and O–H groups in total. The van der Waals surface area contributed by atoms with Crippen molar-refractivity contribution in [1.82, 2.24) is 0 Å². The molecule has 2 aromatic rings. The molecule has 0 saturated carbocycles. The number of carbonyl (C=O) groups is 4. The third-order valence-electron chi connectivity index (χ3n) is 2.44. The number of hydrogen-bond acceptors (Lipinski definition) is 8. The second kappa shape index (κ2) is 20.1. The van der Waals surface area contributed by atoms with Crippen LogP contribution in [-0.4, -0.2) is 44.3 Å². The molecule has 0 atom stereocenters. The van der Waals surface area contributed by atoms with E-state index in [0.29, 0.717) is 0 Å². The highest BCUT2D eigenvalue weighted by molar-refractivity contribution is 5.68. The quantitative estimate of drug-likeness (QED) is 0.247. The van der Waals surface area contributed by atoms with Crippen LogP contribution in [0.2, 0.25) is 0 Å². The highest BCUT2D eigenvalue weighted by Gasteiger charge is 1.97. The molecule has 178 valence electrons. The minimum Gasteiger partial charge on any atom is -0.481 e. The van der Waals surface area contributed by atoms with Crippen molar-refractivity contribution in [3.05, 3.63) is 48.5 Å². The van der Waals surface area contributed by atoms with Gasteiger partial charge in [0.1, 0.15) is 0 Å². The van der Waals surface area contributed by atoms with Crippen molar-refractivity contribution in [2.24, 2.45) is 11.7 Å². The summed E-state index contributed by atoms with van der Waals surface area (Å²) >= 11 is 0. The van der Waals surface area contributed by atoms with Crippen LogP contribution in [0.4, 0.5) is 11.4 Å². The summed E-state index contributed by atoms with van der Waals surface area (Å²) in [5.74, 6) is 7.28. The minimum absolute atomic E-state index is 0.833. The Morgan fingerprint density at radius 3 is 0.812 bits per heavy atom. The first-order valence-corrected chi connectivity index (χ1v) is 8.68. The predicted molar refractivity (Wildman–Crippen MR) is 121 cm³/mol. The highest BCUT2D eigenvalue weighted by atomic mass is 16.4. The molecule has 0 saturated heterocycles. The first-order chi connectivity index (χ1) is 14.8. The predicted octanol–water partition coefficient (Wildman–Crippen LogP) is 2.29. The van der Waals surface area contributed by atoms with Crippen molar-refractivity contribution in [3.63, 3.8) is 0 Å². The Hall–Kier alpha value is -4.16. The maximum absolute atomic E-state index is 9.00. The molecular weight excluding hydrogens is 424 g/mol. The van der Waals surface area contributed by atoms with Crippen molar-refractivity contribution >= 4 is 35.3 Å². The average molecular weight is 454 g/mol. The molecule has 0 unspecified atom stereocenters. The summed E-state index contributed by atoms with van der Waals surface area (Å²) in [6.07, 6.45) is 0. The van der Waals surface area contributed by atoms with E-state index in [0.717, 1.165) is 50.2 Å². The van der Waals surface area contributed by atoms with E-state index in [-0.39, 0.29) is 0 Å². The Morgan fingerprint density at radius 2 is 0.688 bits per heavy atom. The van der Waals surface area contributed by atoms with Crippen molar-refractivity contribution in [2.45, 2.75) is 27.7 Å². The van der Waals surface area contributed by atoms with Crippen molar-refractivity contribution in [1.29, 1.82) is 0 Å². The number of carboxylic acid groups (broad SMARTS) is 4. The van der Waals surface area contributed by atoms with Crippen LogP contribution in [0.3, 0.4) is 0 Å². The largest absolute Gasteiger partial charge is 0.481 e. The lowest BCUT2D eigenvalue weighted by molar-refractivity contribution is -0.135. The fourth-order valence-electron chi connectivity index (χ4n) is 1.52. The molecule has 2 rings (SSSR count). The summed E-state index contributed by atoms with van der Waals surface area (Å²) in [4.78, 5) is 36.0. The maximum Gasteiger partial charge on any atom is 0.300 e. The van der Waals surface area contributed by atoms with Gasteiger partial charge < -0.3 is 31.3 Å². The normalized spacial score (nSPS) is 8.06. The van der Waals surface area contributed by atoms with Crippen LogP contribution in [0.15, 0.2) is 48.5 Å². The second-order valence-electron chi connectivity index (χ2n) is 5.52. The Labute approximate surface area is 185 Å². The van der Waals surface area contributed by atoms with Gasteiger partial charge in [0, 0.05) is 39.1 Å². The fourth-order valence-corrected chi connectivity index (χ4v) is 1.52. The summed E-state index contributed by atoms with van der Waals surface area (Å²) in [5.41, 5.74) is 9.26. The van der Waals surface area contributed by atoms with E-state index < -0.39 is 23.9 Å². The van der Waals surface area contributed by atoms with Gasteiger partial charge in [0.15, 0.2) is 0 Å². The molecule has 0 bridgehead atoms. The van der Waals surface area contributed by atoms with Crippen LogP contribution in [0.25, 0.3) is 11.1 Å². The zero-order valence-electron chi connectivity index (χ0n) is 18.2. The molecule has 0 fully saturated rings. The standard InChI is InChI=1S/C12H14N4.4C2H4O2/c13-15-11-5-1-9(2-6-11)10-3-7-12(16-14)8-4-10;4*1-2(3)4/h1-8,15-16H,13-14H2;4*1H3,(H,3,4). The molecule has 0 heterocycles. The number of nitrogens with two attached hydrogens (primary N) is 2. The van der Waals surface area contributed by atoms with Gasteiger partial charge in [-0.15, -0.1) is 0 Å². The molecule has 0 aliphatic carbocycles. The molecule has 12 heteroatoms. The van der Waals surface area contributed by atoms with E-state index in [1.165, 1.54) is 0 Å².